The van der Waals surface area contributed by atoms with Gasteiger partial charge in [-0.1, -0.05) is 31.4 Å². The largest absolute Gasteiger partial charge is 0.379 e. The molecule has 1 aromatic carbocycles. The quantitative estimate of drug-likeness (QED) is 0.674. The number of hydrogen-bond donors (Lipinski definition) is 2. The van der Waals surface area contributed by atoms with Gasteiger partial charge < -0.3 is 15.4 Å². The lowest BCUT2D eigenvalue weighted by Gasteiger charge is -2.48. The molecule has 1 aromatic rings. The van der Waals surface area contributed by atoms with Gasteiger partial charge in [-0.05, 0) is 37.6 Å². The van der Waals surface area contributed by atoms with Crippen molar-refractivity contribution < 1.29 is 14.3 Å². The highest BCUT2D eigenvalue weighted by Gasteiger charge is 2.38. The van der Waals surface area contributed by atoms with Crippen LogP contribution in [0.4, 0.5) is 0 Å². The summed E-state index contributed by atoms with van der Waals surface area (Å²) in [6, 6.07) is 7.51. The summed E-state index contributed by atoms with van der Waals surface area (Å²) in [5.74, 6) is -0.0242. The lowest BCUT2D eigenvalue weighted by atomic mass is 9.79. The Labute approximate surface area is 180 Å². The van der Waals surface area contributed by atoms with Gasteiger partial charge in [0.25, 0.3) is 5.91 Å². The van der Waals surface area contributed by atoms with Crippen LogP contribution in [0.2, 0.25) is 0 Å². The normalized spacial score (nSPS) is 19.4. The fourth-order valence-corrected chi connectivity index (χ4v) is 4.69. The van der Waals surface area contributed by atoms with Crippen LogP contribution in [0.5, 0.6) is 0 Å². The third-order valence-electron chi connectivity index (χ3n) is 6.39. The summed E-state index contributed by atoms with van der Waals surface area (Å²) in [7, 11) is 3.57. The minimum atomic E-state index is -0.0915. The third-order valence-corrected chi connectivity index (χ3v) is 6.39. The van der Waals surface area contributed by atoms with E-state index in [2.05, 4.69) is 15.5 Å². The zero-order chi connectivity index (χ0) is 21.4. The molecule has 1 saturated carbocycles. The molecule has 0 aromatic heterocycles. The van der Waals surface area contributed by atoms with E-state index in [4.69, 9.17) is 4.74 Å². The van der Waals surface area contributed by atoms with Gasteiger partial charge in [-0.3, -0.25) is 19.4 Å². The van der Waals surface area contributed by atoms with Crippen LogP contribution < -0.4 is 10.6 Å². The molecule has 2 fully saturated rings. The number of morpholine rings is 1. The van der Waals surface area contributed by atoms with Gasteiger partial charge in [0.2, 0.25) is 5.91 Å². The molecule has 0 unspecified atom stereocenters. The van der Waals surface area contributed by atoms with E-state index in [0.29, 0.717) is 18.7 Å². The number of carbonyl (C=O) groups is 2. The molecule has 2 aliphatic rings. The van der Waals surface area contributed by atoms with Crippen molar-refractivity contribution in [3.05, 3.63) is 35.4 Å². The van der Waals surface area contributed by atoms with Gasteiger partial charge in [0.1, 0.15) is 0 Å². The van der Waals surface area contributed by atoms with E-state index in [1.807, 2.05) is 36.2 Å². The maximum absolute atomic E-state index is 12.6. The summed E-state index contributed by atoms with van der Waals surface area (Å²) in [6.07, 6.45) is 6.07. The Kier molecular flexibility index (Phi) is 8.24. The van der Waals surface area contributed by atoms with Gasteiger partial charge in [0.15, 0.2) is 0 Å². The van der Waals surface area contributed by atoms with E-state index in [1.54, 1.807) is 7.05 Å². The van der Waals surface area contributed by atoms with Crippen LogP contribution in [0.25, 0.3) is 0 Å². The molecule has 2 N–H and O–H groups in total. The van der Waals surface area contributed by atoms with Crippen LogP contribution in [-0.2, 0) is 16.1 Å². The van der Waals surface area contributed by atoms with Crippen LogP contribution in [-0.4, -0.2) is 80.6 Å². The van der Waals surface area contributed by atoms with Gasteiger partial charge in [-0.2, -0.15) is 0 Å². The Balaban J connectivity index is 1.49. The molecular formula is C23H36N4O3. The standard InChI is InChI=1S/C23H36N4O3/c1-24-22(29)20-8-6-19(7-9-20)16-26(2)17-21(28)25-18-23(10-4-3-5-11-23)27-12-14-30-15-13-27/h6-9H,3-5,10-18H2,1-2H3,(H,24,29)(H,25,28). The van der Waals surface area contributed by atoms with E-state index < -0.39 is 0 Å². The smallest absolute Gasteiger partial charge is 0.251 e. The third kappa shape index (κ3) is 6.03. The predicted octanol–water partition coefficient (Wildman–Crippen LogP) is 1.63. The predicted molar refractivity (Wildman–Crippen MR) is 117 cm³/mol. The van der Waals surface area contributed by atoms with Gasteiger partial charge in [-0.15, -0.1) is 0 Å². The molecule has 2 amide bonds. The van der Waals surface area contributed by atoms with Crippen molar-refractivity contribution in [1.29, 1.82) is 0 Å². The number of ether oxygens (including phenoxy) is 1. The van der Waals surface area contributed by atoms with E-state index >= 15 is 0 Å². The van der Waals surface area contributed by atoms with Gasteiger partial charge in [0.05, 0.1) is 19.8 Å². The molecular weight excluding hydrogens is 380 g/mol. The average Bonchev–Trinajstić information content (AvgIpc) is 2.79. The number of hydrogen-bond acceptors (Lipinski definition) is 5. The highest BCUT2D eigenvalue weighted by Crippen LogP contribution is 2.33. The summed E-state index contributed by atoms with van der Waals surface area (Å²) in [4.78, 5) is 28.9. The van der Waals surface area contributed by atoms with Crippen molar-refractivity contribution in [2.24, 2.45) is 0 Å². The number of nitrogens with zero attached hydrogens (tertiary/aromatic N) is 2. The van der Waals surface area contributed by atoms with E-state index in [1.165, 1.54) is 19.3 Å². The van der Waals surface area contributed by atoms with Crippen molar-refractivity contribution in [3.8, 4) is 0 Å². The van der Waals surface area contributed by atoms with E-state index in [9.17, 15) is 9.59 Å². The Morgan fingerprint density at radius 1 is 1.10 bits per heavy atom. The summed E-state index contributed by atoms with van der Waals surface area (Å²) in [6.45, 7) is 5.24. The van der Waals surface area contributed by atoms with Crippen molar-refractivity contribution in [1.82, 2.24) is 20.4 Å². The monoisotopic (exact) mass is 416 g/mol. The van der Waals surface area contributed by atoms with Gasteiger partial charge >= 0.3 is 0 Å². The van der Waals surface area contributed by atoms with Crippen LogP contribution in [0.3, 0.4) is 0 Å². The second-order valence-electron chi connectivity index (χ2n) is 8.61. The van der Waals surface area contributed by atoms with E-state index in [0.717, 1.165) is 51.3 Å². The Bertz CT molecular complexity index is 695. The fraction of sp³-hybridized carbons (Fsp3) is 0.652. The first kappa shape index (κ1) is 22.7. The lowest BCUT2D eigenvalue weighted by molar-refractivity contribution is -0.123. The second-order valence-corrected chi connectivity index (χ2v) is 8.61. The number of amides is 2. The van der Waals surface area contributed by atoms with Gasteiger partial charge in [-0.25, -0.2) is 0 Å². The van der Waals surface area contributed by atoms with Crippen molar-refractivity contribution in [2.75, 3.05) is 53.5 Å². The summed E-state index contributed by atoms with van der Waals surface area (Å²) in [5.41, 5.74) is 1.81. The first-order valence-corrected chi connectivity index (χ1v) is 11.1. The molecule has 0 radical (unpaired) electrons. The first-order chi connectivity index (χ1) is 14.5. The van der Waals surface area contributed by atoms with Crippen molar-refractivity contribution in [2.45, 2.75) is 44.2 Å². The zero-order valence-electron chi connectivity index (χ0n) is 18.4. The molecule has 1 saturated heterocycles. The zero-order valence-corrected chi connectivity index (χ0v) is 18.4. The Morgan fingerprint density at radius 3 is 2.40 bits per heavy atom. The maximum atomic E-state index is 12.6. The molecule has 1 heterocycles. The fourth-order valence-electron chi connectivity index (χ4n) is 4.69. The highest BCUT2D eigenvalue weighted by atomic mass is 16.5. The maximum Gasteiger partial charge on any atom is 0.251 e. The number of likely N-dealkylation sites (N-methyl/N-ethyl adjacent to an activating group) is 1. The topological polar surface area (TPSA) is 73.9 Å². The molecule has 7 nitrogen and oxygen atoms in total. The van der Waals surface area contributed by atoms with Crippen molar-refractivity contribution in [3.63, 3.8) is 0 Å². The first-order valence-electron chi connectivity index (χ1n) is 11.1. The average molecular weight is 417 g/mol. The molecule has 1 aliphatic carbocycles. The van der Waals surface area contributed by atoms with Crippen LogP contribution in [0, 0.1) is 0 Å². The summed E-state index contributed by atoms with van der Waals surface area (Å²) >= 11 is 0. The molecule has 0 spiro atoms. The minimum Gasteiger partial charge on any atom is -0.379 e. The Morgan fingerprint density at radius 2 is 1.77 bits per heavy atom. The van der Waals surface area contributed by atoms with E-state index in [-0.39, 0.29) is 17.4 Å². The van der Waals surface area contributed by atoms with Gasteiger partial charge in [0, 0.05) is 44.3 Å². The second kappa shape index (κ2) is 10.9. The Hall–Kier alpha value is -1.96. The molecule has 3 rings (SSSR count). The van der Waals surface area contributed by atoms with Crippen LogP contribution in [0.15, 0.2) is 24.3 Å². The van der Waals surface area contributed by atoms with Crippen LogP contribution in [0.1, 0.15) is 48.0 Å². The molecule has 7 heteroatoms. The minimum absolute atomic E-state index is 0.0673. The number of nitrogens with one attached hydrogen (secondary N) is 2. The number of benzene rings is 1. The van der Waals surface area contributed by atoms with Crippen molar-refractivity contribution >= 4 is 11.8 Å². The summed E-state index contributed by atoms with van der Waals surface area (Å²) < 4.78 is 5.54. The SMILES string of the molecule is CNC(=O)c1ccc(CN(C)CC(=O)NCC2(N3CCOCC3)CCCCC2)cc1. The molecule has 0 bridgehead atoms. The molecule has 0 atom stereocenters. The number of carbonyl (C=O) groups excluding carboxylic acids is 2. The summed E-state index contributed by atoms with van der Waals surface area (Å²) in [5, 5.41) is 5.85. The van der Waals surface area contributed by atoms with Crippen LogP contribution >= 0.6 is 0 Å². The molecule has 166 valence electrons. The lowest BCUT2D eigenvalue weighted by Crippen LogP contribution is -2.60. The molecule has 1 aliphatic heterocycles. The highest BCUT2D eigenvalue weighted by molar-refractivity contribution is 5.93. The number of rotatable bonds is 8. The molecule has 30 heavy (non-hydrogen) atoms.